The van der Waals surface area contributed by atoms with Gasteiger partial charge in [-0.2, -0.15) is 0 Å². The lowest BCUT2D eigenvalue weighted by Gasteiger charge is -2.37. The number of fused-ring (bicyclic) bond motifs is 6. The van der Waals surface area contributed by atoms with Gasteiger partial charge in [-0.05, 0) is 148 Å². The number of likely N-dealkylation sites (tertiary alicyclic amines) is 1. The number of benzene rings is 3. The normalized spacial score (nSPS) is 22.7. The topological polar surface area (TPSA) is 168 Å². The first-order chi connectivity index (χ1) is 35.9. The van der Waals surface area contributed by atoms with Gasteiger partial charge in [-0.25, -0.2) is 5.43 Å². The SMILES string of the molecule is CCn1c(-c2cc(C3CCN(C)CC3)cnc2[C@H](C)OC)c2c3cc(ccc31)-c1cc(O)cc(c1)C[C@H](NC(=O)C(C(C)C)N(C)C(=O)[C@@H]1OCC[C@@H]1c1ccccc1)C(=O)N1CCC[C@H](N1)C(=O)OCC(C)(C)C2. The van der Waals surface area contributed by atoms with E-state index in [9.17, 15) is 24.3 Å². The number of piperidine rings is 1. The highest BCUT2D eigenvalue weighted by Gasteiger charge is 2.42. The van der Waals surface area contributed by atoms with Crippen LogP contribution in [-0.2, 0) is 52.8 Å². The number of amides is 3. The summed E-state index contributed by atoms with van der Waals surface area (Å²) in [5, 5.41) is 17.0. The lowest BCUT2D eigenvalue weighted by atomic mass is 9.83. The van der Waals surface area contributed by atoms with Gasteiger partial charge in [-0.3, -0.25) is 29.2 Å². The molecule has 2 aromatic heterocycles. The Bertz CT molecular complexity index is 2890. The summed E-state index contributed by atoms with van der Waals surface area (Å²) in [6, 6.07) is 20.9. The Labute approximate surface area is 442 Å². The standard InChI is InChI=1S/C60H77N7O8/c1-10-66-51-19-18-41-31-46(51)48(54(66)47-32-43(34-61-52(47)37(4)73-9)39-20-24-64(7)25-21-39)33-60(5,6)35-75-59(72)49-17-14-23-67(63-49)57(70)50(29-38-27-42(41)30-44(68)28-38)62-56(69)53(36(2)3)65(8)58(71)55-45(22-26-74-55)40-15-12-11-13-16-40/h11-13,15-16,18-19,27-28,30-32,34,36-37,39,45,49-50,53,55,63,68H,10,14,17,20-26,29,33,35H2,1-9H3,(H,62,69)/t37-,45+,49-,50-,53?,55+/m0/s1. The number of esters is 1. The zero-order chi connectivity index (χ0) is 53.3. The monoisotopic (exact) mass is 1020 g/mol. The summed E-state index contributed by atoms with van der Waals surface area (Å²) in [5.41, 5.74) is 12.1. The van der Waals surface area contributed by atoms with Crippen LogP contribution in [0.3, 0.4) is 0 Å². The van der Waals surface area contributed by atoms with E-state index < -0.39 is 47.4 Å². The van der Waals surface area contributed by atoms with Gasteiger partial charge in [0, 0.05) is 74.3 Å². The maximum Gasteiger partial charge on any atom is 0.324 e. The molecule has 1 unspecified atom stereocenters. The highest BCUT2D eigenvalue weighted by Crippen LogP contribution is 2.44. The number of ether oxygens (including phenoxy) is 3. The number of aryl methyl sites for hydroxylation is 1. The number of pyridine rings is 1. The fourth-order valence-corrected chi connectivity index (χ4v) is 12.1. The molecule has 3 aromatic carbocycles. The molecule has 0 radical (unpaired) electrons. The maximum atomic E-state index is 14.9. The zero-order valence-corrected chi connectivity index (χ0v) is 45.4. The van der Waals surface area contributed by atoms with Crippen molar-refractivity contribution < 1.29 is 38.5 Å². The van der Waals surface area contributed by atoms with E-state index in [1.807, 2.05) is 63.4 Å². The number of phenolic OH excluding ortho intramolecular Hbond substituents is 1. The average Bonchev–Trinajstić information content (AvgIpc) is 4.03. The van der Waals surface area contributed by atoms with Crippen LogP contribution in [0.1, 0.15) is 120 Å². The molecule has 4 aliphatic rings. The first-order valence-corrected chi connectivity index (χ1v) is 27.1. The number of methoxy groups -OCH3 is 1. The Morgan fingerprint density at radius 2 is 1.72 bits per heavy atom. The molecule has 3 amide bonds. The number of cyclic esters (lactones) is 1. The highest BCUT2D eigenvalue weighted by molar-refractivity contribution is 5.96. The van der Waals surface area contributed by atoms with E-state index in [0.29, 0.717) is 50.3 Å². The molecule has 3 saturated heterocycles. The molecule has 4 aliphatic heterocycles. The smallest absolute Gasteiger partial charge is 0.324 e. The van der Waals surface area contributed by atoms with Crippen LogP contribution in [0.2, 0.25) is 0 Å². The molecule has 6 atom stereocenters. The Morgan fingerprint density at radius 3 is 2.44 bits per heavy atom. The van der Waals surface area contributed by atoms with Gasteiger partial charge in [0.2, 0.25) is 5.91 Å². The van der Waals surface area contributed by atoms with Gasteiger partial charge in [0.25, 0.3) is 11.8 Å². The molecule has 75 heavy (non-hydrogen) atoms. The molecule has 5 aromatic rings. The number of hydrogen-bond donors (Lipinski definition) is 3. The van der Waals surface area contributed by atoms with Crippen molar-refractivity contribution in [1.82, 2.24) is 35.1 Å². The molecule has 3 N–H and O–H groups in total. The first kappa shape index (κ1) is 53.7. The fourth-order valence-electron chi connectivity index (χ4n) is 12.1. The molecular formula is C60H77N7O8. The minimum atomic E-state index is -1.16. The van der Waals surface area contributed by atoms with Crippen molar-refractivity contribution in [2.75, 3.05) is 54.1 Å². The van der Waals surface area contributed by atoms with Crippen molar-refractivity contribution in [3.8, 4) is 28.1 Å². The van der Waals surface area contributed by atoms with Gasteiger partial charge >= 0.3 is 5.97 Å². The van der Waals surface area contributed by atoms with Gasteiger partial charge in [-0.1, -0.05) is 70.2 Å². The van der Waals surface area contributed by atoms with E-state index in [0.717, 1.165) is 76.0 Å². The number of carbonyl (C=O) groups is 4. The van der Waals surface area contributed by atoms with E-state index in [-0.39, 0.29) is 49.2 Å². The van der Waals surface area contributed by atoms with Gasteiger partial charge < -0.3 is 39.0 Å². The average molecular weight is 1020 g/mol. The molecule has 3 fully saturated rings. The van der Waals surface area contributed by atoms with Crippen molar-refractivity contribution in [1.29, 1.82) is 0 Å². The van der Waals surface area contributed by atoms with Crippen LogP contribution in [0.4, 0.5) is 0 Å². The second-order valence-electron chi connectivity index (χ2n) is 22.6. The van der Waals surface area contributed by atoms with Crippen LogP contribution in [0.5, 0.6) is 5.75 Å². The van der Waals surface area contributed by atoms with Crippen LogP contribution in [-0.4, -0.2) is 131 Å². The third kappa shape index (κ3) is 11.4. The Balaban J connectivity index is 1.12. The highest BCUT2D eigenvalue weighted by atomic mass is 16.5. The first-order valence-electron chi connectivity index (χ1n) is 27.1. The predicted octanol–water partition coefficient (Wildman–Crippen LogP) is 8.32. The molecule has 400 valence electrons. The predicted molar refractivity (Wildman–Crippen MR) is 290 cm³/mol. The van der Waals surface area contributed by atoms with Gasteiger partial charge in [-0.15, -0.1) is 0 Å². The summed E-state index contributed by atoms with van der Waals surface area (Å²) in [4.78, 5) is 67.3. The quantitative estimate of drug-likeness (QED) is 0.109. The van der Waals surface area contributed by atoms with Crippen molar-refractivity contribution in [2.24, 2.45) is 11.3 Å². The Kier molecular flexibility index (Phi) is 16.2. The number of aromatic nitrogens is 2. The Morgan fingerprint density at radius 1 is 0.960 bits per heavy atom. The lowest BCUT2D eigenvalue weighted by molar-refractivity contribution is -0.155. The van der Waals surface area contributed by atoms with E-state index in [1.54, 1.807) is 26.3 Å². The van der Waals surface area contributed by atoms with E-state index in [1.165, 1.54) is 15.5 Å². The summed E-state index contributed by atoms with van der Waals surface area (Å²) < 4.78 is 20.7. The van der Waals surface area contributed by atoms with E-state index in [4.69, 9.17) is 19.2 Å². The van der Waals surface area contributed by atoms with Gasteiger partial charge in [0.05, 0.1) is 24.1 Å². The Hall–Kier alpha value is -6.13. The van der Waals surface area contributed by atoms with Crippen molar-refractivity contribution in [3.05, 3.63) is 107 Å². The second kappa shape index (κ2) is 22.6. The summed E-state index contributed by atoms with van der Waals surface area (Å²) in [7, 11) is 5.51. The van der Waals surface area contributed by atoms with Gasteiger partial charge in [0.15, 0.2) is 0 Å². The van der Waals surface area contributed by atoms with Crippen LogP contribution >= 0.6 is 0 Å². The van der Waals surface area contributed by atoms with Crippen molar-refractivity contribution in [3.63, 3.8) is 0 Å². The summed E-state index contributed by atoms with van der Waals surface area (Å²) >= 11 is 0. The number of phenols is 1. The third-order valence-corrected chi connectivity index (χ3v) is 16.2. The second-order valence-corrected chi connectivity index (χ2v) is 22.6. The molecule has 6 heterocycles. The minimum absolute atomic E-state index is 0.00266. The molecule has 15 nitrogen and oxygen atoms in total. The third-order valence-electron chi connectivity index (χ3n) is 16.2. The van der Waals surface area contributed by atoms with E-state index in [2.05, 4.69) is 72.3 Å². The number of carbonyl (C=O) groups excluding carboxylic acids is 4. The molecule has 0 spiro atoms. The molecule has 6 bridgehead atoms. The van der Waals surface area contributed by atoms with E-state index >= 15 is 0 Å². The van der Waals surface area contributed by atoms with Crippen LogP contribution < -0.4 is 10.7 Å². The molecule has 0 aliphatic carbocycles. The molecule has 15 heteroatoms. The zero-order valence-electron chi connectivity index (χ0n) is 45.4. The van der Waals surface area contributed by atoms with Gasteiger partial charge in [0.1, 0.15) is 30.0 Å². The number of nitrogens with zero attached hydrogens (tertiary/aromatic N) is 5. The summed E-state index contributed by atoms with van der Waals surface area (Å²) in [6.45, 7) is 15.7. The number of rotatable bonds is 11. The largest absolute Gasteiger partial charge is 0.508 e. The molecular weight excluding hydrogens is 947 g/mol. The maximum absolute atomic E-state index is 14.9. The van der Waals surface area contributed by atoms with Crippen LogP contribution in [0.15, 0.2) is 79.0 Å². The van der Waals surface area contributed by atoms with Crippen LogP contribution in [0, 0.1) is 11.3 Å². The van der Waals surface area contributed by atoms with Crippen molar-refractivity contribution in [2.45, 2.75) is 135 Å². The fraction of sp³-hybridized carbons (Fsp3) is 0.517. The minimum Gasteiger partial charge on any atom is -0.508 e. The summed E-state index contributed by atoms with van der Waals surface area (Å²) in [5.74, 6) is -1.87. The number of hydrazine groups is 1. The molecule has 0 saturated carbocycles. The number of nitrogens with one attached hydrogen (secondary N) is 2. The molecule has 9 rings (SSSR count). The number of aromatic hydroxyl groups is 1. The van der Waals surface area contributed by atoms with Crippen LogP contribution in [0.25, 0.3) is 33.3 Å². The summed E-state index contributed by atoms with van der Waals surface area (Å²) in [6.07, 6.45) is 5.26. The lowest BCUT2D eigenvalue weighted by Crippen LogP contribution is -2.62. The van der Waals surface area contributed by atoms with Crippen molar-refractivity contribution >= 4 is 34.6 Å². The number of hydrogen-bond acceptors (Lipinski definition) is 11. The number of likely N-dealkylation sites (N-methyl/N-ethyl adjacent to an activating group) is 1.